The quantitative estimate of drug-likeness (QED) is 0.0881. The Bertz CT molecular complexity index is 872. The number of ketones is 1. The molecule has 2 rings (SSSR count). The van der Waals surface area contributed by atoms with Gasteiger partial charge in [0.05, 0.1) is 11.5 Å². The van der Waals surface area contributed by atoms with Gasteiger partial charge in [-0.15, -0.1) is 0 Å². The van der Waals surface area contributed by atoms with Gasteiger partial charge in [-0.2, -0.15) is 17.6 Å². The number of nitro groups is 1. The van der Waals surface area contributed by atoms with Gasteiger partial charge in [-0.25, -0.2) is 4.39 Å². The van der Waals surface area contributed by atoms with Crippen molar-refractivity contribution in [2.45, 2.75) is 32.4 Å². The number of hydrogen-bond acceptors (Lipinski definition) is 7. The van der Waals surface area contributed by atoms with E-state index in [2.05, 4.69) is 14.5 Å². The van der Waals surface area contributed by atoms with Crippen LogP contribution in [0.2, 0.25) is 0 Å². The Morgan fingerprint density at radius 1 is 1.24 bits per heavy atom. The lowest BCUT2D eigenvalue weighted by Gasteiger charge is -2.14. The van der Waals surface area contributed by atoms with Crippen molar-refractivity contribution in [1.82, 2.24) is 0 Å². The Labute approximate surface area is 159 Å². The lowest BCUT2D eigenvalue weighted by Crippen LogP contribution is -2.30. The summed E-state index contributed by atoms with van der Waals surface area (Å²) >= 11 is 0. The van der Waals surface area contributed by atoms with Crippen LogP contribution >= 0.6 is 0 Å². The highest BCUT2D eigenvalue weighted by Crippen LogP contribution is 2.37. The van der Waals surface area contributed by atoms with Gasteiger partial charge < -0.3 is 9.47 Å². The van der Waals surface area contributed by atoms with E-state index in [1.54, 1.807) is 0 Å². The van der Waals surface area contributed by atoms with Crippen LogP contribution in [-0.2, 0) is 9.53 Å². The first-order chi connectivity index (χ1) is 13.6. The number of carbonyl (C=O) groups is 2. The lowest BCUT2D eigenvalue weighted by atomic mass is 9.95. The van der Waals surface area contributed by atoms with Gasteiger partial charge in [-0.05, 0) is 19.8 Å². The molecule has 1 aromatic rings. The zero-order chi connectivity index (χ0) is 21.9. The molecular formula is C16H13F5N2O6. The molecule has 0 saturated heterocycles. The number of carbonyl (C=O) groups excluding carboxylic acids is 2. The SMILES string of the molecule is CCOC(=O)C(C=NC1CC1)C(=O)c1c(F)c(OC(F)F)c(F)c(F)c1[N+](=O)[O-]. The number of ether oxygens (including phenoxy) is 2. The second-order valence-corrected chi connectivity index (χ2v) is 5.75. The van der Waals surface area contributed by atoms with E-state index in [1.807, 2.05) is 0 Å². The minimum Gasteiger partial charge on any atom is -0.465 e. The molecule has 158 valence electrons. The molecule has 1 unspecified atom stereocenters. The minimum absolute atomic E-state index is 0.234. The Hall–Kier alpha value is -3.12. The number of nitrogens with zero attached hydrogens (tertiary/aromatic N) is 2. The zero-order valence-electron chi connectivity index (χ0n) is 14.7. The van der Waals surface area contributed by atoms with Crippen molar-refractivity contribution in [1.29, 1.82) is 0 Å². The van der Waals surface area contributed by atoms with Crippen LogP contribution < -0.4 is 4.74 Å². The third-order valence-corrected chi connectivity index (χ3v) is 3.71. The summed E-state index contributed by atoms with van der Waals surface area (Å²) in [6.45, 7) is -2.70. The van der Waals surface area contributed by atoms with E-state index in [0.29, 0.717) is 12.8 Å². The Balaban J connectivity index is 2.67. The van der Waals surface area contributed by atoms with Gasteiger partial charge >= 0.3 is 18.3 Å². The van der Waals surface area contributed by atoms with Crippen molar-refractivity contribution < 1.29 is 45.9 Å². The summed E-state index contributed by atoms with van der Waals surface area (Å²) in [6, 6.07) is -0.234. The molecule has 0 spiro atoms. The first-order valence-electron chi connectivity index (χ1n) is 8.13. The van der Waals surface area contributed by atoms with Crippen molar-refractivity contribution in [2.75, 3.05) is 6.61 Å². The normalized spacial score (nSPS) is 14.9. The van der Waals surface area contributed by atoms with Crippen molar-refractivity contribution in [2.24, 2.45) is 10.9 Å². The summed E-state index contributed by atoms with van der Waals surface area (Å²) in [6.07, 6.45) is 2.01. The largest absolute Gasteiger partial charge is 0.465 e. The molecule has 1 fully saturated rings. The smallest absolute Gasteiger partial charge is 0.387 e. The number of nitro benzene ring substituents is 1. The molecule has 0 radical (unpaired) electrons. The second kappa shape index (κ2) is 8.92. The summed E-state index contributed by atoms with van der Waals surface area (Å²) in [5.41, 5.74) is -3.72. The lowest BCUT2D eigenvalue weighted by molar-refractivity contribution is -0.388. The van der Waals surface area contributed by atoms with Gasteiger partial charge in [0.2, 0.25) is 17.4 Å². The number of esters is 1. The molecule has 1 aliphatic carbocycles. The number of benzene rings is 1. The molecule has 8 nitrogen and oxygen atoms in total. The molecule has 1 aliphatic rings. The predicted molar refractivity (Wildman–Crippen MR) is 85.6 cm³/mol. The fraction of sp³-hybridized carbons (Fsp3) is 0.438. The van der Waals surface area contributed by atoms with Crippen LogP contribution in [-0.4, -0.2) is 42.2 Å². The van der Waals surface area contributed by atoms with Gasteiger partial charge in [-0.1, -0.05) is 0 Å². The maximum Gasteiger partial charge on any atom is 0.387 e. The summed E-state index contributed by atoms with van der Waals surface area (Å²) in [5, 5.41) is 11.1. The maximum absolute atomic E-state index is 14.6. The predicted octanol–water partition coefficient (Wildman–Crippen LogP) is 3.21. The van der Waals surface area contributed by atoms with Crippen molar-refractivity contribution in [3.05, 3.63) is 33.1 Å². The molecule has 1 saturated carbocycles. The maximum atomic E-state index is 14.6. The van der Waals surface area contributed by atoms with E-state index in [4.69, 9.17) is 0 Å². The number of hydrogen-bond donors (Lipinski definition) is 0. The highest BCUT2D eigenvalue weighted by atomic mass is 19.3. The molecule has 0 bridgehead atoms. The Morgan fingerprint density at radius 2 is 1.86 bits per heavy atom. The average molecular weight is 424 g/mol. The molecule has 1 aromatic carbocycles. The van der Waals surface area contributed by atoms with E-state index in [-0.39, 0.29) is 12.6 Å². The van der Waals surface area contributed by atoms with Gasteiger partial charge in [0.25, 0.3) is 0 Å². The first-order valence-corrected chi connectivity index (χ1v) is 8.13. The van der Waals surface area contributed by atoms with Crippen molar-refractivity contribution >= 4 is 23.7 Å². The number of aliphatic imine (C=N–C) groups is 1. The third kappa shape index (κ3) is 4.84. The molecule has 0 aromatic heterocycles. The standard InChI is InChI=1S/C16H13F5N2O6/c1-2-28-15(25)7(5-22-6-3-4-6)13(24)8-9(17)14(29-16(20)21)11(19)10(18)12(8)23(26)27/h5-7,16H,2-4H2,1H3. The van der Waals surface area contributed by atoms with E-state index in [0.717, 1.165) is 6.21 Å². The highest BCUT2D eigenvalue weighted by Gasteiger charge is 2.42. The van der Waals surface area contributed by atoms with Gasteiger partial charge in [0.15, 0.2) is 17.5 Å². The summed E-state index contributed by atoms with van der Waals surface area (Å²) < 4.78 is 75.5. The van der Waals surface area contributed by atoms with Gasteiger partial charge in [0.1, 0.15) is 5.56 Å². The minimum atomic E-state index is -3.83. The molecule has 0 heterocycles. The molecular weight excluding hydrogens is 411 g/mol. The fourth-order valence-electron chi connectivity index (χ4n) is 2.27. The van der Waals surface area contributed by atoms with Gasteiger partial charge in [0, 0.05) is 12.3 Å². The van der Waals surface area contributed by atoms with Crippen LogP contribution in [0, 0.1) is 33.5 Å². The van der Waals surface area contributed by atoms with Crippen LogP contribution in [0.3, 0.4) is 0 Å². The van der Waals surface area contributed by atoms with Crippen LogP contribution in [0.25, 0.3) is 0 Å². The molecule has 1 atom stereocenters. The number of rotatable bonds is 9. The van der Waals surface area contributed by atoms with Crippen LogP contribution in [0.1, 0.15) is 30.1 Å². The Morgan fingerprint density at radius 3 is 2.34 bits per heavy atom. The number of halogens is 5. The second-order valence-electron chi connectivity index (χ2n) is 5.75. The average Bonchev–Trinajstić information content (AvgIpc) is 3.45. The van der Waals surface area contributed by atoms with Crippen molar-refractivity contribution in [3.8, 4) is 5.75 Å². The van der Waals surface area contributed by atoms with E-state index in [1.165, 1.54) is 6.92 Å². The van der Waals surface area contributed by atoms with Crippen molar-refractivity contribution in [3.63, 3.8) is 0 Å². The number of Topliss-reactive ketones (excluding diaryl/α,β-unsaturated/α-hetero) is 1. The Kier molecular flexibility index (Phi) is 6.82. The highest BCUT2D eigenvalue weighted by molar-refractivity contribution is 6.20. The van der Waals surface area contributed by atoms with E-state index in [9.17, 15) is 41.7 Å². The summed E-state index contributed by atoms with van der Waals surface area (Å²) in [7, 11) is 0. The molecule has 0 aliphatic heterocycles. The first kappa shape index (κ1) is 22.2. The van der Waals surface area contributed by atoms with Crippen LogP contribution in [0.5, 0.6) is 5.75 Å². The van der Waals surface area contributed by atoms with Crippen LogP contribution in [0.4, 0.5) is 27.6 Å². The monoisotopic (exact) mass is 424 g/mol. The third-order valence-electron chi connectivity index (χ3n) is 3.71. The summed E-state index contributed by atoms with van der Waals surface area (Å²) in [4.78, 5) is 38.1. The topological polar surface area (TPSA) is 108 Å². The fourth-order valence-corrected chi connectivity index (χ4v) is 2.27. The van der Waals surface area contributed by atoms with Gasteiger partial charge in [-0.3, -0.25) is 24.7 Å². The van der Waals surface area contributed by atoms with E-state index >= 15 is 0 Å². The van der Waals surface area contributed by atoms with Crippen LogP contribution in [0.15, 0.2) is 4.99 Å². The summed E-state index contributed by atoms with van der Waals surface area (Å²) in [5.74, 6) is -14.2. The zero-order valence-corrected chi connectivity index (χ0v) is 14.7. The number of alkyl halides is 2. The molecule has 0 amide bonds. The molecule has 0 N–H and O–H groups in total. The molecule has 13 heteroatoms. The van der Waals surface area contributed by atoms with E-state index < -0.39 is 63.7 Å². The molecule has 29 heavy (non-hydrogen) atoms.